The number of aliphatic hydroxyl groups excluding tert-OH is 2. The molecule has 114 valence electrons. The van der Waals surface area contributed by atoms with Crippen LogP contribution >= 0.6 is 0 Å². The maximum atomic E-state index is 14.4. The van der Waals surface area contributed by atoms with Crippen LogP contribution in [0.1, 0.15) is 19.1 Å². The topological polar surface area (TPSA) is 119 Å². The van der Waals surface area contributed by atoms with Crippen LogP contribution in [-0.4, -0.2) is 56.2 Å². The second-order valence-corrected chi connectivity index (χ2v) is 4.93. The van der Waals surface area contributed by atoms with Crippen LogP contribution in [0.25, 0.3) is 11.2 Å². The summed E-state index contributed by atoms with van der Waals surface area (Å²) in [6.07, 6.45) is -1.07. The summed E-state index contributed by atoms with van der Waals surface area (Å²) in [6, 6.07) is 0. The molecule has 8 nitrogen and oxygen atoms in total. The molecule has 1 aliphatic heterocycles. The Bertz CT molecular complexity index is 657. The Hall–Kier alpha value is -1.84. The quantitative estimate of drug-likeness (QED) is 0.653. The third kappa shape index (κ3) is 2.33. The molecule has 0 spiro atoms. The Morgan fingerprint density at radius 1 is 1.48 bits per heavy atom. The average Bonchev–Trinajstić information content (AvgIpc) is 3.05. The zero-order chi connectivity index (χ0) is 15.7. The lowest BCUT2D eigenvalue weighted by Gasteiger charge is -2.15. The van der Waals surface area contributed by atoms with Crippen LogP contribution in [0.3, 0.4) is 0 Å². The summed E-state index contributed by atoms with van der Waals surface area (Å²) < 4.78 is 28.0. The van der Waals surface area contributed by atoms with E-state index in [9.17, 15) is 9.50 Å². The van der Waals surface area contributed by atoms with E-state index in [1.807, 2.05) is 0 Å². The van der Waals surface area contributed by atoms with Gasteiger partial charge in [0.2, 0.25) is 1.43 Å². The van der Waals surface area contributed by atoms with E-state index < -0.39 is 24.6 Å². The van der Waals surface area contributed by atoms with Gasteiger partial charge in [0.05, 0.1) is 12.4 Å². The van der Waals surface area contributed by atoms with Gasteiger partial charge in [-0.1, -0.05) is 0 Å². The zero-order valence-electron chi connectivity index (χ0n) is 12.1. The number of rotatable bonds is 5. The van der Waals surface area contributed by atoms with E-state index in [0.717, 1.165) is 0 Å². The van der Waals surface area contributed by atoms with Crippen molar-refractivity contribution < 1.29 is 19.3 Å². The molecule has 3 heterocycles. The number of aliphatic hydroxyl groups is 2. The number of imidazole rings is 1. The SMILES string of the molecule is [3H]OCCC[C@H]1O[C@@H](n2cnc3c(N)ncnc32)[C@H](F)[C@@H]1O. The van der Waals surface area contributed by atoms with Gasteiger partial charge in [0.15, 0.2) is 23.9 Å². The highest BCUT2D eigenvalue weighted by atomic mass is 19.1. The molecule has 3 rings (SSSR count). The van der Waals surface area contributed by atoms with Crippen LogP contribution in [0.2, 0.25) is 0 Å². The van der Waals surface area contributed by atoms with Crippen molar-refractivity contribution in [1.29, 1.82) is 1.43 Å². The second-order valence-electron chi connectivity index (χ2n) is 4.93. The van der Waals surface area contributed by atoms with Gasteiger partial charge in [0.1, 0.15) is 17.9 Å². The minimum Gasteiger partial charge on any atom is -0.396 e. The Kier molecular flexibility index (Phi) is 3.37. The molecule has 0 radical (unpaired) electrons. The number of hydrogen-bond acceptors (Lipinski definition) is 7. The number of aromatic nitrogens is 4. The first-order valence-electron chi connectivity index (χ1n) is 7.03. The number of hydrogen-bond donors (Lipinski definition) is 3. The molecule has 1 aliphatic rings. The molecule has 21 heavy (non-hydrogen) atoms. The van der Waals surface area contributed by atoms with Crippen molar-refractivity contribution in [3.63, 3.8) is 0 Å². The molecule has 2 aromatic rings. The summed E-state index contributed by atoms with van der Waals surface area (Å²) in [6.45, 7) is 0.200. The van der Waals surface area contributed by atoms with Gasteiger partial charge in [0.25, 0.3) is 0 Å². The van der Waals surface area contributed by atoms with E-state index in [1.165, 1.54) is 17.2 Å². The molecule has 0 amide bonds. The molecule has 0 saturated carbocycles. The number of halogens is 1. The molecular weight excluding hydrogens is 281 g/mol. The van der Waals surface area contributed by atoms with Gasteiger partial charge < -0.3 is 20.7 Å². The standard InChI is InChI=1S/C12H16FN5O3/c13-7-9(20)6(2-1-3-19)21-12(7)18-5-17-8-10(14)15-4-16-11(8)18/h4-7,9,12,19-20H,1-3H2,(H2,14,15,16)/t6-,7-,9-,12-/m1/s1/i19T. The summed E-state index contributed by atoms with van der Waals surface area (Å²) in [4.78, 5) is 11.9. The first-order valence-corrected chi connectivity index (χ1v) is 6.62. The molecule has 9 heteroatoms. The first kappa shape index (κ1) is 12.9. The van der Waals surface area contributed by atoms with Crippen LogP contribution < -0.4 is 5.73 Å². The van der Waals surface area contributed by atoms with Crippen LogP contribution in [0.4, 0.5) is 10.2 Å². The van der Waals surface area contributed by atoms with Crippen molar-refractivity contribution in [2.24, 2.45) is 0 Å². The third-order valence-electron chi connectivity index (χ3n) is 3.59. The molecule has 4 atom stereocenters. The van der Waals surface area contributed by atoms with E-state index in [0.29, 0.717) is 24.0 Å². The van der Waals surface area contributed by atoms with E-state index in [4.69, 9.17) is 11.9 Å². The Balaban J connectivity index is 1.83. The van der Waals surface area contributed by atoms with Crippen molar-refractivity contribution in [3.8, 4) is 0 Å². The molecule has 2 aromatic heterocycles. The summed E-state index contributed by atoms with van der Waals surface area (Å²) >= 11 is 0. The van der Waals surface area contributed by atoms with Crippen LogP contribution in [0.15, 0.2) is 12.7 Å². The number of alkyl halides is 1. The number of ether oxygens (including phenoxy) is 1. The maximum Gasteiger partial charge on any atom is 0.210 e. The Morgan fingerprint density at radius 2 is 2.33 bits per heavy atom. The van der Waals surface area contributed by atoms with Crippen molar-refractivity contribution in [2.75, 3.05) is 12.3 Å². The average molecular weight is 299 g/mol. The Morgan fingerprint density at radius 3 is 3.14 bits per heavy atom. The summed E-state index contributed by atoms with van der Waals surface area (Å²) in [5, 5.41) is 14.2. The van der Waals surface area contributed by atoms with Crippen molar-refractivity contribution in [1.82, 2.24) is 19.5 Å². The predicted octanol–water partition coefficient (Wildman–Crippen LogP) is -0.223. The van der Waals surface area contributed by atoms with Crippen LogP contribution in [0.5, 0.6) is 0 Å². The van der Waals surface area contributed by atoms with Crippen molar-refractivity contribution >= 4 is 17.0 Å². The molecule has 0 aromatic carbocycles. The van der Waals surface area contributed by atoms with Crippen LogP contribution in [0, 0.1) is 0 Å². The number of fused-ring (bicyclic) bond motifs is 1. The number of anilines is 1. The third-order valence-corrected chi connectivity index (χ3v) is 3.59. The van der Waals surface area contributed by atoms with E-state index in [2.05, 4.69) is 20.1 Å². The molecule has 1 saturated heterocycles. The van der Waals surface area contributed by atoms with E-state index in [1.54, 1.807) is 0 Å². The largest absolute Gasteiger partial charge is 0.396 e. The highest BCUT2D eigenvalue weighted by molar-refractivity contribution is 5.81. The van der Waals surface area contributed by atoms with Crippen molar-refractivity contribution in [3.05, 3.63) is 12.7 Å². The minimum absolute atomic E-state index is 0.196. The highest BCUT2D eigenvalue weighted by Gasteiger charge is 2.45. The minimum atomic E-state index is -1.62. The molecule has 0 bridgehead atoms. The lowest BCUT2D eigenvalue weighted by molar-refractivity contribution is -0.0281. The lowest BCUT2D eigenvalue weighted by atomic mass is 10.1. The second kappa shape index (κ2) is 5.51. The Labute approximate surface area is 120 Å². The predicted molar refractivity (Wildman–Crippen MR) is 70.9 cm³/mol. The summed E-state index contributed by atoms with van der Waals surface area (Å²) in [5.41, 5.74) is 6.41. The summed E-state index contributed by atoms with van der Waals surface area (Å²) in [5.74, 6) is 0.196. The number of nitrogens with two attached hydrogens (primary N) is 1. The first-order chi connectivity index (χ1) is 10.6. The van der Waals surface area contributed by atoms with Gasteiger partial charge in [-0.15, -0.1) is 0 Å². The van der Waals surface area contributed by atoms with Gasteiger partial charge in [0, 0.05) is 6.61 Å². The van der Waals surface area contributed by atoms with E-state index >= 15 is 0 Å². The lowest BCUT2D eigenvalue weighted by Crippen LogP contribution is -2.28. The fourth-order valence-corrected chi connectivity index (χ4v) is 2.51. The zero-order valence-corrected chi connectivity index (χ0v) is 11.1. The molecule has 0 aliphatic carbocycles. The van der Waals surface area contributed by atoms with Gasteiger partial charge >= 0.3 is 0 Å². The van der Waals surface area contributed by atoms with Gasteiger partial charge in [-0.25, -0.2) is 19.3 Å². The van der Waals surface area contributed by atoms with Gasteiger partial charge in [-0.2, -0.15) is 0 Å². The fraction of sp³-hybridized carbons (Fsp3) is 0.583. The number of nitrogens with zero attached hydrogens (tertiary/aromatic N) is 4. The molecule has 1 fully saturated rings. The molecule has 0 unspecified atom stereocenters. The maximum absolute atomic E-state index is 14.4. The molecular formula is C12H16FN5O3. The summed E-state index contributed by atoms with van der Waals surface area (Å²) in [7, 11) is 0. The van der Waals surface area contributed by atoms with Gasteiger partial charge in [-0.3, -0.25) is 4.57 Å². The highest BCUT2D eigenvalue weighted by Crippen LogP contribution is 2.35. The van der Waals surface area contributed by atoms with Gasteiger partial charge in [-0.05, 0) is 12.8 Å². The monoisotopic (exact) mass is 299 g/mol. The van der Waals surface area contributed by atoms with Crippen molar-refractivity contribution in [2.45, 2.75) is 37.4 Å². The number of nitrogen functional groups attached to an aromatic ring is 1. The fourth-order valence-electron chi connectivity index (χ4n) is 2.51. The normalized spacial score (nSPS) is 29.9. The smallest absolute Gasteiger partial charge is 0.210 e. The van der Waals surface area contributed by atoms with E-state index in [-0.39, 0.29) is 12.4 Å². The van der Waals surface area contributed by atoms with Crippen LogP contribution in [-0.2, 0) is 4.74 Å². The molecule has 4 N–H and O–H groups in total.